The summed E-state index contributed by atoms with van der Waals surface area (Å²) in [7, 11) is 1.91. The number of carbonyl (C=O) groups excluding carboxylic acids is 1. The van der Waals surface area contributed by atoms with Crippen molar-refractivity contribution in [2.24, 2.45) is 7.05 Å². The Balaban J connectivity index is 1.83. The third kappa shape index (κ3) is 4.56. The molecule has 2 heterocycles. The SMILES string of the molecule is CCOC(=O)CCc1csc(NCc2cn(C)nc2C)n1. The van der Waals surface area contributed by atoms with Gasteiger partial charge in [-0.25, -0.2) is 4.98 Å². The minimum Gasteiger partial charge on any atom is -0.466 e. The molecule has 1 N–H and O–H groups in total. The Labute approximate surface area is 128 Å². The van der Waals surface area contributed by atoms with Crippen molar-refractivity contribution in [3.05, 3.63) is 28.5 Å². The third-order valence-electron chi connectivity index (χ3n) is 2.99. The van der Waals surface area contributed by atoms with Crippen LogP contribution in [0, 0.1) is 6.92 Å². The second-order valence-corrected chi connectivity index (χ2v) is 5.57. The van der Waals surface area contributed by atoms with E-state index in [2.05, 4.69) is 15.4 Å². The van der Waals surface area contributed by atoms with E-state index < -0.39 is 0 Å². The molecule has 0 aliphatic rings. The van der Waals surface area contributed by atoms with Crippen LogP contribution in [0.5, 0.6) is 0 Å². The zero-order valence-corrected chi connectivity index (χ0v) is 13.4. The van der Waals surface area contributed by atoms with Crippen LogP contribution < -0.4 is 5.32 Å². The zero-order valence-electron chi connectivity index (χ0n) is 12.5. The molecule has 0 spiro atoms. The molecular formula is C14H20N4O2S. The van der Waals surface area contributed by atoms with Gasteiger partial charge in [-0.1, -0.05) is 0 Å². The van der Waals surface area contributed by atoms with Crippen molar-refractivity contribution >= 4 is 22.4 Å². The zero-order chi connectivity index (χ0) is 15.2. The van der Waals surface area contributed by atoms with Crippen LogP contribution in [0.25, 0.3) is 0 Å². The first-order valence-electron chi connectivity index (χ1n) is 6.91. The second-order valence-electron chi connectivity index (χ2n) is 4.72. The first-order valence-corrected chi connectivity index (χ1v) is 7.79. The Hall–Kier alpha value is -1.89. The number of rotatable bonds is 7. The lowest BCUT2D eigenvalue weighted by atomic mass is 10.2. The summed E-state index contributed by atoms with van der Waals surface area (Å²) in [4.78, 5) is 15.8. The highest BCUT2D eigenvalue weighted by atomic mass is 32.1. The fourth-order valence-corrected chi connectivity index (χ4v) is 2.70. The molecule has 0 bridgehead atoms. The standard InChI is InChI=1S/C14H20N4O2S/c1-4-20-13(19)6-5-12-9-21-14(16-12)15-7-11-8-18(3)17-10(11)2/h8-9H,4-7H2,1-3H3,(H,15,16). The lowest BCUT2D eigenvalue weighted by molar-refractivity contribution is -0.143. The van der Waals surface area contributed by atoms with E-state index in [1.54, 1.807) is 16.0 Å². The number of anilines is 1. The van der Waals surface area contributed by atoms with Crippen LogP contribution >= 0.6 is 11.3 Å². The summed E-state index contributed by atoms with van der Waals surface area (Å²) >= 11 is 1.54. The molecule has 0 fully saturated rings. The predicted molar refractivity (Wildman–Crippen MR) is 82.3 cm³/mol. The number of nitrogens with one attached hydrogen (secondary N) is 1. The maximum atomic E-state index is 11.3. The molecule has 0 unspecified atom stereocenters. The lowest BCUT2D eigenvalue weighted by Crippen LogP contribution is -2.05. The van der Waals surface area contributed by atoms with Crippen LogP contribution in [0.4, 0.5) is 5.13 Å². The lowest BCUT2D eigenvalue weighted by Gasteiger charge is -2.01. The van der Waals surface area contributed by atoms with E-state index in [1.807, 2.05) is 32.5 Å². The van der Waals surface area contributed by atoms with Gasteiger partial charge < -0.3 is 10.1 Å². The van der Waals surface area contributed by atoms with Gasteiger partial charge in [0.05, 0.1) is 24.4 Å². The minimum absolute atomic E-state index is 0.175. The van der Waals surface area contributed by atoms with E-state index in [4.69, 9.17) is 4.74 Å². The number of nitrogens with zero attached hydrogens (tertiary/aromatic N) is 3. The smallest absolute Gasteiger partial charge is 0.306 e. The molecule has 2 rings (SSSR count). The van der Waals surface area contributed by atoms with Crippen LogP contribution in [0.3, 0.4) is 0 Å². The van der Waals surface area contributed by atoms with Gasteiger partial charge in [0.15, 0.2) is 5.13 Å². The molecule has 2 aromatic heterocycles. The van der Waals surface area contributed by atoms with Gasteiger partial charge in [0.2, 0.25) is 0 Å². The molecule has 0 atom stereocenters. The highest BCUT2D eigenvalue weighted by molar-refractivity contribution is 7.13. The van der Waals surface area contributed by atoms with E-state index in [9.17, 15) is 4.79 Å². The van der Waals surface area contributed by atoms with Crippen molar-refractivity contribution in [3.8, 4) is 0 Å². The normalized spacial score (nSPS) is 10.6. The number of thiazole rings is 1. The van der Waals surface area contributed by atoms with Gasteiger partial charge in [-0.2, -0.15) is 5.10 Å². The van der Waals surface area contributed by atoms with Crippen LogP contribution in [-0.4, -0.2) is 27.3 Å². The molecule has 6 nitrogen and oxygen atoms in total. The quantitative estimate of drug-likeness (QED) is 0.795. The van der Waals surface area contributed by atoms with Crippen LogP contribution in [0.1, 0.15) is 30.3 Å². The summed E-state index contributed by atoms with van der Waals surface area (Å²) in [5, 5.41) is 10.4. The summed E-state index contributed by atoms with van der Waals surface area (Å²) in [6, 6.07) is 0. The number of aromatic nitrogens is 3. The highest BCUT2D eigenvalue weighted by Crippen LogP contribution is 2.18. The Kier molecular flexibility index (Phi) is 5.32. The van der Waals surface area contributed by atoms with Crippen LogP contribution in [0.2, 0.25) is 0 Å². The number of esters is 1. The van der Waals surface area contributed by atoms with E-state index in [0.717, 1.165) is 22.1 Å². The van der Waals surface area contributed by atoms with Crippen LogP contribution in [-0.2, 0) is 29.5 Å². The Morgan fingerprint density at radius 3 is 3.00 bits per heavy atom. The van der Waals surface area contributed by atoms with E-state index in [0.29, 0.717) is 26.0 Å². The van der Waals surface area contributed by atoms with Gasteiger partial charge in [0, 0.05) is 37.2 Å². The first-order chi connectivity index (χ1) is 10.1. The Morgan fingerprint density at radius 2 is 2.33 bits per heavy atom. The monoisotopic (exact) mass is 308 g/mol. The van der Waals surface area contributed by atoms with Crippen molar-refractivity contribution in [3.63, 3.8) is 0 Å². The van der Waals surface area contributed by atoms with Crippen molar-refractivity contribution in [2.75, 3.05) is 11.9 Å². The summed E-state index contributed by atoms with van der Waals surface area (Å²) < 4.78 is 6.71. The summed E-state index contributed by atoms with van der Waals surface area (Å²) in [6.45, 7) is 4.92. The average Bonchev–Trinajstić information content (AvgIpc) is 3.01. The number of carbonyl (C=O) groups is 1. The number of hydrogen-bond acceptors (Lipinski definition) is 6. The Bertz CT molecular complexity index is 606. The maximum Gasteiger partial charge on any atom is 0.306 e. The van der Waals surface area contributed by atoms with E-state index >= 15 is 0 Å². The molecule has 21 heavy (non-hydrogen) atoms. The molecule has 7 heteroatoms. The summed E-state index contributed by atoms with van der Waals surface area (Å²) in [5.41, 5.74) is 3.09. The van der Waals surface area contributed by atoms with Gasteiger partial charge in [-0.05, 0) is 13.8 Å². The molecule has 0 aliphatic carbocycles. The van der Waals surface area contributed by atoms with Gasteiger partial charge in [-0.15, -0.1) is 11.3 Å². The average molecular weight is 308 g/mol. The molecule has 2 aromatic rings. The number of hydrogen-bond donors (Lipinski definition) is 1. The maximum absolute atomic E-state index is 11.3. The van der Waals surface area contributed by atoms with Crippen molar-refractivity contribution in [1.82, 2.24) is 14.8 Å². The van der Waals surface area contributed by atoms with Gasteiger partial charge in [-0.3, -0.25) is 9.48 Å². The predicted octanol–water partition coefficient (Wildman–Crippen LogP) is 2.29. The van der Waals surface area contributed by atoms with Crippen molar-refractivity contribution < 1.29 is 9.53 Å². The molecule has 0 amide bonds. The van der Waals surface area contributed by atoms with E-state index in [1.165, 1.54) is 0 Å². The largest absolute Gasteiger partial charge is 0.466 e. The van der Waals surface area contributed by atoms with Crippen molar-refractivity contribution in [2.45, 2.75) is 33.2 Å². The van der Waals surface area contributed by atoms with Crippen molar-refractivity contribution in [1.29, 1.82) is 0 Å². The van der Waals surface area contributed by atoms with Gasteiger partial charge in [0.1, 0.15) is 0 Å². The molecule has 0 aliphatic heterocycles. The molecular weight excluding hydrogens is 288 g/mol. The molecule has 0 saturated carbocycles. The second kappa shape index (κ2) is 7.21. The fourth-order valence-electron chi connectivity index (χ4n) is 1.96. The third-order valence-corrected chi connectivity index (χ3v) is 3.84. The first kappa shape index (κ1) is 15.5. The minimum atomic E-state index is -0.175. The summed E-state index contributed by atoms with van der Waals surface area (Å²) in [5.74, 6) is -0.175. The molecule has 0 radical (unpaired) electrons. The van der Waals surface area contributed by atoms with Gasteiger partial charge >= 0.3 is 5.97 Å². The Morgan fingerprint density at radius 1 is 1.52 bits per heavy atom. The fraction of sp³-hybridized carbons (Fsp3) is 0.500. The van der Waals surface area contributed by atoms with Gasteiger partial charge in [0.25, 0.3) is 0 Å². The van der Waals surface area contributed by atoms with Crippen LogP contribution in [0.15, 0.2) is 11.6 Å². The number of ether oxygens (including phenoxy) is 1. The molecule has 114 valence electrons. The highest BCUT2D eigenvalue weighted by Gasteiger charge is 2.07. The number of aryl methyl sites for hydroxylation is 3. The molecule has 0 saturated heterocycles. The molecule has 0 aromatic carbocycles. The van der Waals surface area contributed by atoms with E-state index in [-0.39, 0.29) is 5.97 Å². The topological polar surface area (TPSA) is 69.0 Å². The summed E-state index contributed by atoms with van der Waals surface area (Å²) in [6.07, 6.45) is 2.99.